The molecule has 0 radical (unpaired) electrons. The first-order valence-electron chi connectivity index (χ1n) is 8.80. The van der Waals surface area contributed by atoms with E-state index in [9.17, 15) is 4.79 Å². The second kappa shape index (κ2) is 8.67. The van der Waals surface area contributed by atoms with E-state index >= 15 is 0 Å². The molecule has 1 N–H and O–H groups in total. The van der Waals surface area contributed by atoms with Crippen molar-refractivity contribution in [3.63, 3.8) is 0 Å². The van der Waals surface area contributed by atoms with Gasteiger partial charge in [-0.05, 0) is 55.5 Å². The van der Waals surface area contributed by atoms with E-state index in [1.54, 1.807) is 24.3 Å². The monoisotopic (exact) mass is 369 g/mol. The van der Waals surface area contributed by atoms with Gasteiger partial charge in [-0.25, -0.2) is 0 Å². The van der Waals surface area contributed by atoms with E-state index in [1.165, 1.54) is 5.69 Å². The Balaban J connectivity index is 1.51. The second-order valence-electron chi connectivity index (χ2n) is 6.03. The fourth-order valence-electron chi connectivity index (χ4n) is 2.92. The summed E-state index contributed by atoms with van der Waals surface area (Å²) in [7, 11) is 0. The van der Waals surface area contributed by atoms with Gasteiger partial charge in [-0.3, -0.25) is 10.1 Å². The molecule has 0 aliphatic carbocycles. The maximum absolute atomic E-state index is 12.4. The number of carbonyl (C=O) groups excluding carboxylic acids is 1. The van der Waals surface area contributed by atoms with E-state index in [0.717, 1.165) is 31.9 Å². The van der Waals surface area contributed by atoms with Crippen molar-refractivity contribution in [3.05, 3.63) is 60.2 Å². The average Bonchev–Trinajstić information content (AvgIpc) is 2.69. The van der Waals surface area contributed by atoms with E-state index in [0.29, 0.717) is 17.3 Å². The van der Waals surface area contributed by atoms with Gasteiger partial charge in [0, 0.05) is 37.4 Å². The molecule has 0 bridgehead atoms. The summed E-state index contributed by atoms with van der Waals surface area (Å²) in [6, 6.07) is 17.4. The molecule has 2 aromatic rings. The first-order valence-corrected chi connectivity index (χ1v) is 9.21. The summed E-state index contributed by atoms with van der Waals surface area (Å²) in [5.74, 6) is 0.562. The molecular formula is C20H23N3O2S. The summed E-state index contributed by atoms with van der Waals surface area (Å²) in [5, 5.41) is 3.31. The Morgan fingerprint density at radius 1 is 1.04 bits per heavy atom. The maximum atomic E-state index is 12.4. The predicted molar refractivity (Wildman–Crippen MR) is 108 cm³/mol. The van der Waals surface area contributed by atoms with Gasteiger partial charge in [-0.2, -0.15) is 0 Å². The highest BCUT2D eigenvalue weighted by atomic mass is 32.1. The molecule has 1 fully saturated rings. The Morgan fingerprint density at radius 3 is 2.31 bits per heavy atom. The van der Waals surface area contributed by atoms with Crippen LogP contribution in [0.4, 0.5) is 5.69 Å². The zero-order valence-corrected chi connectivity index (χ0v) is 15.7. The molecule has 5 nitrogen and oxygen atoms in total. The number of amides is 1. The van der Waals surface area contributed by atoms with Crippen molar-refractivity contribution < 1.29 is 9.53 Å². The molecule has 6 heteroatoms. The molecule has 1 aliphatic rings. The van der Waals surface area contributed by atoms with Gasteiger partial charge in [0.1, 0.15) is 5.75 Å². The third-order valence-electron chi connectivity index (χ3n) is 4.34. The Morgan fingerprint density at radius 2 is 1.69 bits per heavy atom. The van der Waals surface area contributed by atoms with Crippen LogP contribution >= 0.6 is 12.2 Å². The van der Waals surface area contributed by atoms with Crippen molar-refractivity contribution in [3.8, 4) is 5.75 Å². The number of ether oxygens (including phenoxy) is 1. The zero-order valence-electron chi connectivity index (χ0n) is 14.9. The Labute approximate surface area is 159 Å². The minimum Gasteiger partial charge on any atom is -0.494 e. The van der Waals surface area contributed by atoms with E-state index < -0.39 is 0 Å². The van der Waals surface area contributed by atoms with Crippen molar-refractivity contribution in [1.29, 1.82) is 0 Å². The lowest BCUT2D eigenvalue weighted by molar-refractivity contribution is 0.0973. The van der Waals surface area contributed by atoms with Gasteiger partial charge < -0.3 is 14.5 Å². The van der Waals surface area contributed by atoms with E-state index in [-0.39, 0.29) is 5.91 Å². The third-order valence-corrected chi connectivity index (χ3v) is 4.70. The van der Waals surface area contributed by atoms with Crippen LogP contribution in [0.25, 0.3) is 0 Å². The van der Waals surface area contributed by atoms with Gasteiger partial charge in [0.2, 0.25) is 0 Å². The summed E-state index contributed by atoms with van der Waals surface area (Å²) in [6.07, 6.45) is 0. The van der Waals surface area contributed by atoms with E-state index in [1.807, 2.05) is 30.0 Å². The van der Waals surface area contributed by atoms with Crippen LogP contribution in [0.2, 0.25) is 0 Å². The number of rotatable bonds is 4. The summed E-state index contributed by atoms with van der Waals surface area (Å²) >= 11 is 5.42. The largest absolute Gasteiger partial charge is 0.494 e. The number of thiocarbonyl (C=S) groups is 1. The zero-order chi connectivity index (χ0) is 18.4. The number of benzene rings is 2. The van der Waals surface area contributed by atoms with Gasteiger partial charge in [0.25, 0.3) is 5.91 Å². The SMILES string of the molecule is CCOc1ccc(C(=O)NC(=S)N2CCN(c3ccccc3)CC2)cc1. The number of hydrogen-bond donors (Lipinski definition) is 1. The first kappa shape index (κ1) is 18.2. The summed E-state index contributed by atoms with van der Waals surface area (Å²) in [5.41, 5.74) is 1.79. The molecule has 26 heavy (non-hydrogen) atoms. The van der Waals surface area contributed by atoms with Gasteiger partial charge in [0.05, 0.1) is 6.61 Å². The van der Waals surface area contributed by atoms with Gasteiger partial charge in [-0.15, -0.1) is 0 Å². The Bertz CT molecular complexity index is 741. The topological polar surface area (TPSA) is 44.8 Å². The smallest absolute Gasteiger partial charge is 0.257 e. The minimum absolute atomic E-state index is 0.191. The summed E-state index contributed by atoms with van der Waals surface area (Å²) in [4.78, 5) is 16.7. The molecule has 0 unspecified atom stereocenters. The average molecular weight is 369 g/mol. The van der Waals surface area contributed by atoms with Crippen molar-refractivity contribution in [1.82, 2.24) is 10.2 Å². The van der Waals surface area contributed by atoms with Crippen molar-refractivity contribution >= 4 is 28.9 Å². The molecule has 1 heterocycles. The highest BCUT2D eigenvalue weighted by molar-refractivity contribution is 7.80. The number of piperazine rings is 1. The number of anilines is 1. The van der Waals surface area contributed by atoms with Crippen molar-refractivity contribution in [2.24, 2.45) is 0 Å². The second-order valence-corrected chi connectivity index (χ2v) is 6.41. The molecular weight excluding hydrogens is 346 g/mol. The van der Waals surface area contributed by atoms with Crippen molar-refractivity contribution in [2.45, 2.75) is 6.92 Å². The molecule has 0 saturated carbocycles. The van der Waals surface area contributed by atoms with Crippen LogP contribution in [0.1, 0.15) is 17.3 Å². The predicted octanol–water partition coefficient (Wildman–Crippen LogP) is 2.92. The fourth-order valence-corrected chi connectivity index (χ4v) is 3.20. The molecule has 3 rings (SSSR count). The van der Waals surface area contributed by atoms with Crippen LogP contribution < -0.4 is 15.0 Å². The molecule has 1 amide bonds. The minimum atomic E-state index is -0.191. The number of nitrogens with zero attached hydrogens (tertiary/aromatic N) is 2. The lowest BCUT2D eigenvalue weighted by Crippen LogP contribution is -2.52. The lowest BCUT2D eigenvalue weighted by atomic mass is 10.2. The quantitative estimate of drug-likeness (QED) is 0.840. The van der Waals surface area contributed by atoms with Gasteiger partial charge in [-0.1, -0.05) is 18.2 Å². The van der Waals surface area contributed by atoms with Crippen LogP contribution in [-0.2, 0) is 0 Å². The van der Waals surface area contributed by atoms with Crippen LogP contribution in [0.5, 0.6) is 5.75 Å². The van der Waals surface area contributed by atoms with Crippen LogP contribution in [0.3, 0.4) is 0 Å². The highest BCUT2D eigenvalue weighted by Crippen LogP contribution is 2.16. The summed E-state index contributed by atoms with van der Waals surface area (Å²) in [6.45, 7) is 5.86. The van der Waals surface area contributed by atoms with E-state index in [2.05, 4.69) is 22.3 Å². The van der Waals surface area contributed by atoms with Crippen molar-refractivity contribution in [2.75, 3.05) is 37.7 Å². The number of nitrogens with one attached hydrogen (secondary N) is 1. The normalized spacial score (nSPS) is 14.0. The first-order chi connectivity index (χ1) is 12.7. The van der Waals surface area contributed by atoms with Gasteiger partial charge in [0.15, 0.2) is 5.11 Å². The van der Waals surface area contributed by atoms with Gasteiger partial charge >= 0.3 is 0 Å². The molecule has 0 spiro atoms. The maximum Gasteiger partial charge on any atom is 0.257 e. The van der Waals surface area contributed by atoms with Crippen LogP contribution in [-0.4, -0.2) is 48.7 Å². The number of carbonyl (C=O) groups is 1. The molecule has 2 aromatic carbocycles. The standard InChI is InChI=1S/C20H23N3O2S/c1-2-25-18-10-8-16(9-11-18)19(24)21-20(26)23-14-12-22(13-15-23)17-6-4-3-5-7-17/h3-11H,2,12-15H2,1H3,(H,21,24,26). The number of para-hydroxylation sites is 1. The molecule has 1 aliphatic heterocycles. The number of hydrogen-bond acceptors (Lipinski definition) is 4. The molecule has 0 aromatic heterocycles. The molecule has 136 valence electrons. The highest BCUT2D eigenvalue weighted by Gasteiger charge is 2.20. The van der Waals surface area contributed by atoms with Crippen LogP contribution in [0.15, 0.2) is 54.6 Å². The fraction of sp³-hybridized carbons (Fsp3) is 0.300. The third kappa shape index (κ3) is 4.52. The molecule has 0 atom stereocenters. The van der Waals surface area contributed by atoms with Crippen LogP contribution in [0, 0.1) is 0 Å². The summed E-state index contributed by atoms with van der Waals surface area (Å²) < 4.78 is 5.39. The van der Waals surface area contributed by atoms with E-state index in [4.69, 9.17) is 17.0 Å². The molecule has 1 saturated heterocycles. The lowest BCUT2D eigenvalue weighted by Gasteiger charge is -2.37. The Kier molecular flexibility index (Phi) is 6.07. The Hall–Kier alpha value is -2.60.